The molecule has 0 spiro atoms. The van der Waals surface area contributed by atoms with Crippen LogP contribution in [0, 0.1) is 6.92 Å². The van der Waals surface area contributed by atoms with Crippen LogP contribution in [0.25, 0.3) is 0 Å². The molecular weight excluding hydrogens is 336 g/mol. The number of anilines is 1. The fourth-order valence-electron chi connectivity index (χ4n) is 3.23. The molecule has 1 saturated heterocycles. The van der Waals surface area contributed by atoms with Gasteiger partial charge in [-0.1, -0.05) is 23.7 Å². The van der Waals surface area contributed by atoms with Crippen molar-refractivity contribution in [3.05, 3.63) is 70.8 Å². The summed E-state index contributed by atoms with van der Waals surface area (Å²) >= 11 is 6.04. The van der Waals surface area contributed by atoms with E-state index >= 15 is 0 Å². The standard InChI is InChI=1S/C19H19ClN4O/c1-13-21-7-5-18(23-13)24-8-6-15(12-24)19-22-11-17(25-19)10-14-3-2-4-16(20)9-14/h2-5,7,9,11,15H,6,8,10,12H2,1H3. The molecule has 0 aliphatic carbocycles. The quantitative estimate of drug-likeness (QED) is 0.708. The van der Waals surface area contributed by atoms with Gasteiger partial charge < -0.3 is 9.32 Å². The van der Waals surface area contributed by atoms with E-state index in [4.69, 9.17) is 16.0 Å². The van der Waals surface area contributed by atoms with E-state index in [9.17, 15) is 0 Å². The number of hydrogen-bond donors (Lipinski definition) is 0. The number of aromatic nitrogens is 3. The Kier molecular flexibility index (Phi) is 4.40. The van der Waals surface area contributed by atoms with Crippen LogP contribution in [0.4, 0.5) is 5.82 Å². The van der Waals surface area contributed by atoms with E-state index in [-0.39, 0.29) is 0 Å². The zero-order valence-electron chi connectivity index (χ0n) is 14.0. The first-order valence-corrected chi connectivity index (χ1v) is 8.79. The lowest BCUT2D eigenvalue weighted by Gasteiger charge is -2.16. The first-order valence-electron chi connectivity index (χ1n) is 8.41. The zero-order chi connectivity index (χ0) is 17.2. The monoisotopic (exact) mass is 354 g/mol. The summed E-state index contributed by atoms with van der Waals surface area (Å²) in [6.45, 7) is 3.73. The molecule has 3 heterocycles. The Morgan fingerprint density at radius 2 is 2.20 bits per heavy atom. The SMILES string of the molecule is Cc1nccc(N2CCC(c3ncc(Cc4cccc(Cl)c4)o3)C2)n1. The fraction of sp³-hybridized carbons (Fsp3) is 0.316. The van der Waals surface area contributed by atoms with Gasteiger partial charge in [0, 0.05) is 30.7 Å². The molecule has 0 amide bonds. The van der Waals surface area contributed by atoms with Gasteiger partial charge in [0.15, 0.2) is 5.89 Å². The van der Waals surface area contributed by atoms with Crippen molar-refractivity contribution in [2.24, 2.45) is 0 Å². The van der Waals surface area contributed by atoms with E-state index in [1.165, 1.54) is 0 Å². The second-order valence-electron chi connectivity index (χ2n) is 6.37. The van der Waals surface area contributed by atoms with Gasteiger partial charge in [0.2, 0.25) is 0 Å². The molecule has 1 atom stereocenters. The van der Waals surface area contributed by atoms with Crippen LogP contribution in [0.3, 0.4) is 0 Å². The molecule has 1 aromatic carbocycles. The van der Waals surface area contributed by atoms with Crippen LogP contribution >= 0.6 is 11.6 Å². The molecule has 2 aromatic heterocycles. The van der Waals surface area contributed by atoms with Gasteiger partial charge in [-0.25, -0.2) is 15.0 Å². The first-order chi connectivity index (χ1) is 12.2. The van der Waals surface area contributed by atoms with Crippen LogP contribution in [0.1, 0.15) is 35.4 Å². The zero-order valence-corrected chi connectivity index (χ0v) is 14.8. The largest absolute Gasteiger partial charge is 0.445 e. The number of hydrogen-bond acceptors (Lipinski definition) is 5. The number of rotatable bonds is 4. The average molecular weight is 355 g/mol. The number of halogens is 1. The lowest BCUT2D eigenvalue weighted by molar-refractivity contribution is 0.433. The maximum Gasteiger partial charge on any atom is 0.199 e. The van der Waals surface area contributed by atoms with Gasteiger partial charge in [-0.3, -0.25) is 0 Å². The number of nitrogens with zero attached hydrogens (tertiary/aromatic N) is 4. The minimum atomic E-state index is 0.295. The summed E-state index contributed by atoms with van der Waals surface area (Å²) in [7, 11) is 0. The van der Waals surface area contributed by atoms with E-state index in [2.05, 4.69) is 19.9 Å². The molecule has 0 radical (unpaired) electrons. The third kappa shape index (κ3) is 3.66. The van der Waals surface area contributed by atoms with Gasteiger partial charge in [-0.05, 0) is 37.1 Å². The van der Waals surface area contributed by atoms with Crippen molar-refractivity contribution in [3.8, 4) is 0 Å². The van der Waals surface area contributed by atoms with Crippen molar-refractivity contribution < 1.29 is 4.42 Å². The van der Waals surface area contributed by atoms with Gasteiger partial charge >= 0.3 is 0 Å². The van der Waals surface area contributed by atoms with E-state index in [1.807, 2.05) is 43.5 Å². The van der Waals surface area contributed by atoms with Crippen molar-refractivity contribution in [1.29, 1.82) is 0 Å². The van der Waals surface area contributed by atoms with E-state index in [1.54, 1.807) is 6.20 Å². The van der Waals surface area contributed by atoms with Gasteiger partial charge in [0.05, 0.1) is 12.1 Å². The topological polar surface area (TPSA) is 55.1 Å². The Hall–Kier alpha value is -2.40. The Bertz CT molecular complexity index is 879. The molecule has 1 aliphatic heterocycles. The third-order valence-corrected chi connectivity index (χ3v) is 4.70. The minimum Gasteiger partial charge on any atom is -0.445 e. The van der Waals surface area contributed by atoms with Crippen LogP contribution in [0.15, 0.2) is 47.1 Å². The summed E-state index contributed by atoms with van der Waals surface area (Å²) in [5, 5.41) is 0.740. The maximum atomic E-state index is 6.04. The molecular formula is C19H19ClN4O. The van der Waals surface area contributed by atoms with Crippen molar-refractivity contribution >= 4 is 17.4 Å². The predicted octanol–water partition coefficient (Wildman–Crippen LogP) is 4.01. The highest BCUT2D eigenvalue weighted by Crippen LogP contribution is 2.30. The van der Waals surface area contributed by atoms with Crippen molar-refractivity contribution in [1.82, 2.24) is 15.0 Å². The minimum absolute atomic E-state index is 0.295. The Morgan fingerprint density at radius 3 is 3.04 bits per heavy atom. The number of benzene rings is 1. The van der Waals surface area contributed by atoms with Crippen LogP contribution in [-0.2, 0) is 6.42 Å². The molecule has 1 fully saturated rings. The molecule has 1 unspecified atom stereocenters. The van der Waals surface area contributed by atoms with Crippen LogP contribution < -0.4 is 4.90 Å². The average Bonchev–Trinajstić information content (AvgIpc) is 3.24. The molecule has 6 heteroatoms. The van der Waals surface area contributed by atoms with Crippen molar-refractivity contribution in [3.63, 3.8) is 0 Å². The van der Waals surface area contributed by atoms with E-state index in [0.29, 0.717) is 12.3 Å². The predicted molar refractivity (Wildman–Crippen MR) is 97.1 cm³/mol. The highest BCUT2D eigenvalue weighted by atomic mass is 35.5. The molecule has 25 heavy (non-hydrogen) atoms. The summed E-state index contributed by atoms with van der Waals surface area (Å²) in [4.78, 5) is 15.4. The highest BCUT2D eigenvalue weighted by molar-refractivity contribution is 6.30. The van der Waals surface area contributed by atoms with Gasteiger partial charge in [-0.15, -0.1) is 0 Å². The maximum absolute atomic E-state index is 6.04. The third-order valence-electron chi connectivity index (χ3n) is 4.46. The molecule has 1 aliphatic rings. The second-order valence-corrected chi connectivity index (χ2v) is 6.80. The van der Waals surface area contributed by atoms with E-state index in [0.717, 1.165) is 53.4 Å². The van der Waals surface area contributed by atoms with E-state index < -0.39 is 0 Å². The molecule has 3 aromatic rings. The summed E-state index contributed by atoms with van der Waals surface area (Å²) in [6.07, 6.45) is 5.35. The molecule has 0 saturated carbocycles. The number of aryl methyl sites for hydroxylation is 1. The lowest BCUT2D eigenvalue weighted by Crippen LogP contribution is -2.20. The Labute approximate surface area is 151 Å². The van der Waals surface area contributed by atoms with Gasteiger partial charge in [0.25, 0.3) is 0 Å². The summed E-state index contributed by atoms with van der Waals surface area (Å²) < 4.78 is 6.01. The normalized spacial score (nSPS) is 17.2. The Balaban J connectivity index is 1.44. The smallest absolute Gasteiger partial charge is 0.199 e. The summed E-state index contributed by atoms with van der Waals surface area (Å²) in [6, 6.07) is 9.78. The van der Waals surface area contributed by atoms with Crippen LogP contribution in [0.2, 0.25) is 5.02 Å². The van der Waals surface area contributed by atoms with Crippen molar-refractivity contribution in [2.45, 2.75) is 25.7 Å². The fourth-order valence-corrected chi connectivity index (χ4v) is 3.44. The van der Waals surface area contributed by atoms with Crippen molar-refractivity contribution in [2.75, 3.05) is 18.0 Å². The summed E-state index contributed by atoms with van der Waals surface area (Å²) in [5.74, 6) is 3.74. The number of oxazole rings is 1. The molecule has 0 bridgehead atoms. The Morgan fingerprint density at radius 1 is 1.28 bits per heavy atom. The molecule has 4 rings (SSSR count). The highest BCUT2D eigenvalue weighted by Gasteiger charge is 2.28. The molecule has 0 N–H and O–H groups in total. The van der Waals surface area contributed by atoms with Crippen LogP contribution in [-0.4, -0.2) is 28.0 Å². The van der Waals surface area contributed by atoms with Gasteiger partial charge in [0.1, 0.15) is 17.4 Å². The first kappa shape index (κ1) is 16.1. The lowest BCUT2D eigenvalue weighted by atomic mass is 10.1. The second kappa shape index (κ2) is 6.84. The molecule has 128 valence electrons. The summed E-state index contributed by atoms with van der Waals surface area (Å²) in [5.41, 5.74) is 1.12. The van der Waals surface area contributed by atoms with Crippen LogP contribution in [0.5, 0.6) is 0 Å². The molecule has 5 nitrogen and oxygen atoms in total. The van der Waals surface area contributed by atoms with Gasteiger partial charge in [-0.2, -0.15) is 0 Å².